The minimum absolute atomic E-state index is 0.145. The Balaban J connectivity index is 2.47. The van der Waals surface area contributed by atoms with Gasteiger partial charge in [0.15, 0.2) is 11.5 Å². The molecule has 1 fully saturated rings. The van der Waals surface area contributed by atoms with Gasteiger partial charge < -0.3 is 15.2 Å². The molecule has 1 aromatic rings. The number of nitrogens with zero attached hydrogens (tertiary/aromatic N) is 1. The molecule has 2 N–H and O–H groups in total. The summed E-state index contributed by atoms with van der Waals surface area (Å²) in [4.78, 5) is -0.414. The normalized spacial score (nSPS) is 22.8. The Hall–Kier alpha value is -1.38. The van der Waals surface area contributed by atoms with E-state index in [9.17, 15) is 12.8 Å². The highest BCUT2D eigenvalue weighted by atomic mass is 32.2. The fraction of sp³-hybridized carbons (Fsp3) is 0.600. The van der Waals surface area contributed by atoms with Crippen LogP contribution in [0.3, 0.4) is 0 Å². The molecular formula is C15H23FN2O4S. The predicted octanol–water partition coefficient (Wildman–Crippen LogP) is 1.59. The Labute approximate surface area is 136 Å². The van der Waals surface area contributed by atoms with Gasteiger partial charge in [0.05, 0.1) is 14.2 Å². The summed E-state index contributed by atoms with van der Waals surface area (Å²) >= 11 is 0. The second kappa shape index (κ2) is 7.02. The van der Waals surface area contributed by atoms with E-state index in [0.717, 1.165) is 18.6 Å². The summed E-state index contributed by atoms with van der Waals surface area (Å²) < 4.78 is 51.5. The first kappa shape index (κ1) is 18.0. The lowest BCUT2D eigenvalue weighted by Gasteiger charge is -2.36. The van der Waals surface area contributed by atoms with Crippen molar-refractivity contribution in [3.63, 3.8) is 0 Å². The van der Waals surface area contributed by atoms with Gasteiger partial charge >= 0.3 is 0 Å². The number of nitrogens with two attached hydrogens (primary N) is 1. The Kier molecular flexibility index (Phi) is 5.49. The molecule has 130 valence electrons. The molecule has 0 amide bonds. The van der Waals surface area contributed by atoms with Gasteiger partial charge in [-0.05, 0) is 18.8 Å². The minimum atomic E-state index is -3.99. The highest BCUT2D eigenvalue weighted by Gasteiger charge is 2.37. The van der Waals surface area contributed by atoms with Gasteiger partial charge in [-0.3, -0.25) is 0 Å². The molecule has 0 saturated carbocycles. The Bertz CT molecular complexity index is 666. The standard InChI is InChI=1S/C15H23FN2O4S/c1-10-4-5-18(11(6-10)9-17)23(19,20)15-8-14(22-3)13(21-2)7-12(15)16/h7-8,10-11H,4-6,9,17H2,1-3H3. The van der Waals surface area contributed by atoms with Crippen molar-refractivity contribution in [1.82, 2.24) is 4.31 Å². The van der Waals surface area contributed by atoms with Crippen LogP contribution in [0, 0.1) is 11.7 Å². The van der Waals surface area contributed by atoms with Crippen molar-refractivity contribution in [2.75, 3.05) is 27.3 Å². The SMILES string of the molecule is COc1cc(F)c(S(=O)(=O)N2CCC(C)CC2CN)cc1OC. The topological polar surface area (TPSA) is 81.9 Å². The average Bonchev–Trinajstić information content (AvgIpc) is 2.53. The fourth-order valence-corrected chi connectivity index (χ4v) is 4.64. The third-order valence-corrected chi connectivity index (χ3v) is 6.19. The van der Waals surface area contributed by atoms with Crippen LogP contribution in [-0.2, 0) is 10.0 Å². The van der Waals surface area contributed by atoms with E-state index in [1.54, 1.807) is 0 Å². The average molecular weight is 346 g/mol. The van der Waals surface area contributed by atoms with E-state index in [0.29, 0.717) is 18.9 Å². The predicted molar refractivity (Wildman–Crippen MR) is 84.6 cm³/mol. The van der Waals surface area contributed by atoms with Crippen LogP contribution < -0.4 is 15.2 Å². The molecule has 2 unspecified atom stereocenters. The second-order valence-corrected chi connectivity index (χ2v) is 7.63. The highest BCUT2D eigenvalue weighted by Crippen LogP contribution is 2.35. The van der Waals surface area contributed by atoms with Crippen LogP contribution in [0.1, 0.15) is 19.8 Å². The lowest BCUT2D eigenvalue weighted by Crippen LogP contribution is -2.49. The van der Waals surface area contributed by atoms with Gasteiger partial charge in [-0.1, -0.05) is 6.92 Å². The summed E-state index contributed by atoms with van der Waals surface area (Å²) in [5.74, 6) is -0.156. The minimum Gasteiger partial charge on any atom is -0.493 e. The Morgan fingerprint density at radius 2 is 1.91 bits per heavy atom. The zero-order valence-electron chi connectivity index (χ0n) is 13.6. The molecule has 0 spiro atoms. The van der Waals surface area contributed by atoms with Gasteiger partial charge in [-0.15, -0.1) is 0 Å². The van der Waals surface area contributed by atoms with Crippen molar-refractivity contribution >= 4 is 10.0 Å². The first-order chi connectivity index (χ1) is 10.8. The van der Waals surface area contributed by atoms with Crippen LogP contribution >= 0.6 is 0 Å². The molecule has 0 bridgehead atoms. The summed E-state index contributed by atoms with van der Waals surface area (Å²) in [7, 11) is -1.26. The molecule has 23 heavy (non-hydrogen) atoms. The van der Waals surface area contributed by atoms with Crippen molar-refractivity contribution < 1.29 is 22.3 Å². The van der Waals surface area contributed by atoms with Crippen molar-refractivity contribution in [3.8, 4) is 11.5 Å². The fourth-order valence-electron chi connectivity index (χ4n) is 2.92. The van der Waals surface area contributed by atoms with Gasteiger partial charge in [0.1, 0.15) is 10.7 Å². The summed E-state index contributed by atoms with van der Waals surface area (Å²) in [5.41, 5.74) is 5.73. The molecule has 2 rings (SSSR count). The van der Waals surface area contributed by atoms with Crippen LogP contribution in [0.5, 0.6) is 11.5 Å². The molecule has 8 heteroatoms. The van der Waals surface area contributed by atoms with Crippen LogP contribution in [-0.4, -0.2) is 46.1 Å². The van der Waals surface area contributed by atoms with Crippen LogP contribution in [0.25, 0.3) is 0 Å². The molecule has 1 heterocycles. The van der Waals surface area contributed by atoms with Gasteiger partial charge in [0.25, 0.3) is 0 Å². The number of benzene rings is 1. The van der Waals surface area contributed by atoms with Gasteiger partial charge in [-0.2, -0.15) is 4.31 Å². The van der Waals surface area contributed by atoms with Crippen molar-refractivity contribution in [3.05, 3.63) is 17.9 Å². The van der Waals surface area contributed by atoms with Crippen molar-refractivity contribution in [1.29, 1.82) is 0 Å². The number of rotatable bonds is 5. The largest absolute Gasteiger partial charge is 0.493 e. The molecule has 0 aliphatic carbocycles. The van der Waals surface area contributed by atoms with Gasteiger partial charge in [0, 0.05) is 31.3 Å². The quantitative estimate of drug-likeness (QED) is 0.875. The molecule has 1 aliphatic rings. The highest BCUT2D eigenvalue weighted by molar-refractivity contribution is 7.89. The summed E-state index contributed by atoms with van der Waals surface area (Å²) in [5, 5.41) is 0. The molecule has 1 aromatic carbocycles. The van der Waals surface area contributed by atoms with E-state index in [1.807, 2.05) is 0 Å². The molecule has 1 saturated heterocycles. The van der Waals surface area contributed by atoms with Crippen molar-refractivity contribution in [2.45, 2.75) is 30.7 Å². The maximum atomic E-state index is 14.3. The van der Waals surface area contributed by atoms with E-state index >= 15 is 0 Å². The molecule has 1 aliphatic heterocycles. The zero-order valence-corrected chi connectivity index (χ0v) is 14.4. The zero-order chi connectivity index (χ0) is 17.2. The summed E-state index contributed by atoms with van der Waals surface area (Å²) in [6, 6.07) is 1.86. The number of piperidine rings is 1. The van der Waals surface area contributed by atoms with Crippen molar-refractivity contribution in [2.24, 2.45) is 11.7 Å². The molecular weight excluding hydrogens is 323 g/mol. The second-order valence-electron chi connectivity index (χ2n) is 5.77. The Morgan fingerprint density at radius 1 is 1.30 bits per heavy atom. The number of halogens is 1. The molecule has 0 radical (unpaired) electrons. The maximum absolute atomic E-state index is 14.3. The Morgan fingerprint density at radius 3 is 2.48 bits per heavy atom. The maximum Gasteiger partial charge on any atom is 0.246 e. The third-order valence-electron chi connectivity index (χ3n) is 4.22. The van der Waals surface area contributed by atoms with E-state index in [4.69, 9.17) is 15.2 Å². The molecule has 2 atom stereocenters. The first-order valence-corrected chi connectivity index (χ1v) is 8.92. The number of hydrogen-bond donors (Lipinski definition) is 1. The van der Waals surface area contributed by atoms with Crippen LogP contribution in [0.4, 0.5) is 4.39 Å². The van der Waals surface area contributed by atoms with Crippen LogP contribution in [0.2, 0.25) is 0 Å². The lowest BCUT2D eigenvalue weighted by molar-refractivity contribution is 0.210. The summed E-state index contributed by atoms with van der Waals surface area (Å²) in [6.45, 7) is 2.60. The van der Waals surface area contributed by atoms with Crippen LogP contribution in [0.15, 0.2) is 17.0 Å². The summed E-state index contributed by atoms with van der Waals surface area (Å²) in [6.07, 6.45) is 1.40. The van der Waals surface area contributed by atoms with E-state index < -0.39 is 20.7 Å². The number of sulfonamides is 1. The van der Waals surface area contributed by atoms with E-state index in [2.05, 4.69) is 6.92 Å². The van der Waals surface area contributed by atoms with E-state index in [-0.39, 0.29) is 24.1 Å². The molecule has 0 aromatic heterocycles. The smallest absolute Gasteiger partial charge is 0.246 e. The lowest BCUT2D eigenvalue weighted by atomic mass is 9.94. The number of methoxy groups -OCH3 is 2. The number of ether oxygens (including phenoxy) is 2. The van der Waals surface area contributed by atoms with Gasteiger partial charge in [0.2, 0.25) is 10.0 Å². The molecule has 6 nitrogen and oxygen atoms in total. The number of hydrogen-bond acceptors (Lipinski definition) is 5. The van der Waals surface area contributed by atoms with E-state index in [1.165, 1.54) is 18.5 Å². The monoisotopic (exact) mass is 346 g/mol. The first-order valence-electron chi connectivity index (χ1n) is 7.48. The third kappa shape index (κ3) is 3.44. The van der Waals surface area contributed by atoms with Gasteiger partial charge in [-0.25, -0.2) is 12.8 Å².